The van der Waals surface area contributed by atoms with Crippen molar-refractivity contribution in [2.45, 2.75) is 24.9 Å². The van der Waals surface area contributed by atoms with Gasteiger partial charge < -0.3 is 14.3 Å². The fourth-order valence-electron chi connectivity index (χ4n) is 3.97. The summed E-state index contributed by atoms with van der Waals surface area (Å²) in [6.45, 7) is 0.897. The predicted octanol–water partition coefficient (Wildman–Crippen LogP) is 1.04. The Hall–Kier alpha value is -3.36. The van der Waals surface area contributed by atoms with Gasteiger partial charge in [0.25, 0.3) is 17.4 Å². The maximum Gasteiger partial charge on any atom is 0.327 e. The Morgan fingerprint density at radius 2 is 1.82 bits per heavy atom. The molecule has 2 aliphatic heterocycles. The molecule has 2 fully saturated rings. The van der Waals surface area contributed by atoms with Crippen LogP contribution in [0.5, 0.6) is 0 Å². The minimum atomic E-state index is -0.961. The molecule has 28 heavy (non-hydrogen) atoms. The third-order valence-corrected chi connectivity index (χ3v) is 5.53. The number of benzene rings is 1. The molecule has 9 nitrogen and oxygen atoms in total. The Labute approximate surface area is 160 Å². The fourth-order valence-corrected chi connectivity index (χ4v) is 3.97. The first-order valence-electron chi connectivity index (χ1n) is 9.04. The lowest BCUT2D eigenvalue weighted by molar-refractivity contribution is -0.134. The Kier molecular flexibility index (Phi) is 4.29. The van der Waals surface area contributed by atoms with Crippen LogP contribution in [0.2, 0.25) is 0 Å². The molecule has 2 aromatic rings. The first-order chi connectivity index (χ1) is 13.4. The van der Waals surface area contributed by atoms with E-state index in [2.05, 4.69) is 5.16 Å². The van der Waals surface area contributed by atoms with Crippen molar-refractivity contribution in [1.29, 1.82) is 0 Å². The lowest BCUT2D eigenvalue weighted by atomic mass is 9.85. The fraction of sp³-hybridized carbons (Fsp3) is 0.368. The molecule has 1 N–H and O–H groups in total. The Morgan fingerprint density at radius 3 is 2.43 bits per heavy atom. The molecule has 2 aliphatic rings. The van der Waals surface area contributed by atoms with Crippen LogP contribution in [0.4, 0.5) is 4.79 Å². The Morgan fingerprint density at radius 1 is 1.14 bits per heavy atom. The maximum atomic E-state index is 12.9. The summed E-state index contributed by atoms with van der Waals surface area (Å²) in [6, 6.07) is 10.3. The van der Waals surface area contributed by atoms with E-state index in [4.69, 9.17) is 4.52 Å². The first kappa shape index (κ1) is 18.0. The molecule has 3 heterocycles. The number of aromatic nitrogens is 1. The van der Waals surface area contributed by atoms with E-state index in [0.29, 0.717) is 19.4 Å². The van der Waals surface area contributed by atoms with Gasteiger partial charge in [0.05, 0.1) is 6.07 Å². The number of aromatic amines is 1. The molecule has 1 aromatic heterocycles. The second-order valence-corrected chi connectivity index (χ2v) is 7.12. The summed E-state index contributed by atoms with van der Waals surface area (Å²) in [5, 5.41) is 2.10. The number of hydrogen-bond acceptors (Lipinski definition) is 5. The number of nitrogens with one attached hydrogen (secondary N) is 1. The average Bonchev–Trinajstić information content (AvgIpc) is 3.22. The number of H-pyrrole nitrogens is 1. The molecule has 9 heteroatoms. The number of imide groups is 1. The van der Waals surface area contributed by atoms with Crippen LogP contribution in [0.25, 0.3) is 0 Å². The number of urea groups is 1. The molecule has 0 bridgehead atoms. The number of hydrogen-bond donors (Lipinski definition) is 1. The predicted molar refractivity (Wildman–Crippen MR) is 97.3 cm³/mol. The molecular formula is C19H20N4O5. The molecule has 146 valence electrons. The van der Waals surface area contributed by atoms with Crippen LogP contribution in [-0.2, 0) is 11.3 Å². The van der Waals surface area contributed by atoms with Crippen molar-refractivity contribution >= 4 is 17.8 Å². The van der Waals surface area contributed by atoms with Gasteiger partial charge in [-0.15, -0.1) is 0 Å². The molecule has 0 aliphatic carbocycles. The summed E-state index contributed by atoms with van der Waals surface area (Å²) >= 11 is 0. The monoisotopic (exact) mass is 384 g/mol. The Bertz CT molecular complexity index is 971. The van der Waals surface area contributed by atoms with E-state index in [1.54, 1.807) is 4.90 Å². The number of carbonyl (C=O) groups is 3. The van der Waals surface area contributed by atoms with E-state index >= 15 is 0 Å². The third kappa shape index (κ3) is 2.79. The smallest absolute Gasteiger partial charge is 0.327 e. The largest absolute Gasteiger partial charge is 0.373 e. The minimum Gasteiger partial charge on any atom is -0.373 e. The van der Waals surface area contributed by atoms with Gasteiger partial charge in [-0.2, -0.15) is 5.16 Å². The van der Waals surface area contributed by atoms with E-state index in [1.807, 2.05) is 30.3 Å². The quantitative estimate of drug-likeness (QED) is 0.796. The molecule has 1 spiro atoms. The standard InChI is InChI=1S/C19H20N4O5/c1-21-17(26)19(23(18(21)27)12-13-5-3-2-4-6-13)7-9-22(10-8-19)16(25)14-11-15(24)20-28-14/h2-6,11H,7-10,12H2,1H3,(H,20,24). The first-order valence-corrected chi connectivity index (χ1v) is 9.04. The molecule has 1 aromatic carbocycles. The van der Waals surface area contributed by atoms with Crippen LogP contribution < -0.4 is 5.56 Å². The van der Waals surface area contributed by atoms with Crippen LogP contribution >= 0.6 is 0 Å². The van der Waals surface area contributed by atoms with Gasteiger partial charge in [-0.3, -0.25) is 19.3 Å². The van der Waals surface area contributed by atoms with E-state index in [9.17, 15) is 19.2 Å². The highest BCUT2D eigenvalue weighted by Crippen LogP contribution is 2.38. The number of nitrogens with zero attached hydrogens (tertiary/aromatic N) is 3. The van der Waals surface area contributed by atoms with Crippen molar-refractivity contribution in [3.05, 3.63) is 58.1 Å². The highest BCUT2D eigenvalue weighted by Gasteiger charge is 2.57. The molecule has 0 atom stereocenters. The van der Waals surface area contributed by atoms with Gasteiger partial charge in [-0.1, -0.05) is 30.3 Å². The van der Waals surface area contributed by atoms with Crippen LogP contribution in [0.3, 0.4) is 0 Å². The van der Waals surface area contributed by atoms with Gasteiger partial charge >= 0.3 is 6.03 Å². The SMILES string of the molecule is CN1C(=O)N(Cc2ccccc2)C2(CCN(C(=O)c3cc(=O)[nH]o3)CC2)C1=O. The second kappa shape index (κ2) is 6.66. The van der Waals surface area contributed by atoms with Gasteiger partial charge in [-0.05, 0) is 18.4 Å². The van der Waals surface area contributed by atoms with Crippen LogP contribution in [0.15, 0.2) is 45.7 Å². The molecule has 0 unspecified atom stereocenters. The van der Waals surface area contributed by atoms with E-state index in [1.165, 1.54) is 11.9 Å². The van der Waals surface area contributed by atoms with Gasteiger partial charge in [-0.25, -0.2) is 4.79 Å². The molecule has 0 radical (unpaired) electrons. The van der Waals surface area contributed by atoms with E-state index < -0.39 is 17.0 Å². The Balaban J connectivity index is 1.55. The topological polar surface area (TPSA) is 107 Å². The van der Waals surface area contributed by atoms with Crippen molar-refractivity contribution in [2.75, 3.05) is 20.1 Å². The van der Waals surface area contributed by atoms with Crippen molar-refractivity contribution in [1.82, 2.24) is 19.9 Å². The summed E-state index contributed by atoms with van der Waals surface area (Å²) in [6.07, 6.45) is 0.657. The molecule has 4 amide bonds. The summed E-state index contributed by atoms with van der Waals surface area (Å²) in [7, 11) is 1.49. The molecule has 0 saturated carbocycles. The highest BCUT2D eigenvalue weighted by atomic mass is 16.5. The molecule has 4 rings (SSSR count). The number of amides is 4. The molecular weight excluding hydrogens is 364 g/mol. The van der Waals surface area contributed by atoms with Crippen molar-refractivity contribution in [3.63, 3.8) is 0 Å². The van der Waals surface area contributed by atoms with Crippen LogP contribution in [0.1, 0.15) is 29.0 Å². The summed E-state index contributed by atoms with van der Waals surface area (Å²) in [4.78, 5) is 53.7. The maximum absolute atomic E-state index is 12.9. The zero-order chi connectivity index (χ0) is 19.9. The van der Waals surface area contributed by atoms with Crippen molar-refractivity contribution in [2.24, 2.45) is 0 Å². The third-order valence-electron chi connectivity index (χ3n) is 5.53. The van der Waals surface area contributed by atoms with E-state index in [-0.39, 0.29) is 30.8 Å². The number of piperidine rings is 1. The van der Waals surface area contributed by atoms with Gasteiger partial charge in [0.1, 0.15) is 5.54 Å². The van der Waals surface area contributed by atoms with Gasteiger partial charge in [0, 0.05) is 26.7 Å². The highest BCUT2D eigenvalue weighted by molar-refractivity contribution is 6.07. The number of rotatable bonds is 3. The summed E-state index contributed by atoms with van der Waals surface area (Å²) < 4.78 is 4.88. The van der Waals surface area contributed by atoms with Gasteiger partial charge in [0.2, 0.25) is 5.76 Å². The second-order valence-electron chi connectivity index (χ2n) is 7.12. The molecule has 2 saturated heterocycles. The number of likely N-dealkylation sites (N-methyl/N-ethyl adjacent to an activating group) is 1. The van der Waals surface area contributed by atoms with Crippen LogP contribution in [0, 0.1) is 0 Å². The number of carbonyl (C=O) groups excluding carboxylic acids is 3. The average molecular weight is 384 g/mol. The minimum absolute atomic E-state index is 0.0620. The van der Waals surface area contributed by atoms with E-state index in [0.717, 1.165) is 16.5 Å². The van der Waals surface area contributed by atoms with Gasteiger partial charge in [0.15, 0.2) is 0 Å². The zero-order valence-electron chi connectivity index (χ0n) is 15.4. The lowest BCUT2D eigenvalue weighted by Crippen LogP contribution is -2.57. The lowest BCUT2D eigenvalue weighted by Gasteiger charge is -2.42. The normalized spacial score (nSPS) is 19.0. The number of likely N-dealkylation sites (tertiary alicyclic amines) is 1. The van der Waals surface area contributed by atoms with Crippen molar-refractivity contribution < 1.29 is 18.9 Å². The summed E-state index contributed by atoms with van der Waals surface area (Å²) in [5.74, 6) is -0.713. The summed E-state index contributed by atoms with van der Waals surface area (Å²) in [5.41, 5.74) is -0.507. The zero-order valence-corrected chi connectivity index (χ0v) is 15.4. The van der Waals surface area contributed by atoms with Crippen molar-refractivity contribution in [3.8, 4) is 0 Å². The van der Waals surface area contributed by atoms with Crippen LogP contribution in [-0.4, -0.2) is 63.4 Å².